The standard InChI is InChI=1S/C35H34F2N4O3/c36-26-18-35(15-7-16-41(35)20-26)22-44-34-39-32-28(33(40-34)43-21-23-8-2-1-3-9-23)19-38-31(30(32)37)27-14-5-12-24-10-4-11-25(29(24)27)13-6-17-42/h1-5,8-12,14,19,26,42H,6-7,13,15-18,20-22H2/t26-,35+/m1/s1. The minimum atomic E-state index is -0.893. The summed E-state index contributed by atoms with van der Waals surface area (Å²) in [5.74, 6) is -0.432. The molecule has 7 rings (SSSR count). The number of aliphatic hydroxyl groups is 1. The fraction of sp³-hybridized carbons (Fsp3) is 0.343. The number of aryl methyl sites for hydroxylation is 1. The molecule has 0 radical (unpaired) electrons. The molecule has 2 fully saturated rings. The molecule has 2 atom stereocenters. The van der Waals surface area contributed by atoms with Crippen LogP contribution in [0.15, 0.2) is 72.9 Å². The molecule has 0 amide bonds. The van der Waals surface area contributed by atoms with Gasteiger partial charge in [0.2, 0.25) is 5.88 Å². The van der Waals surface area contributed by atoms with Gasteiger partial charge in [0.05, 0.1) is 10.9 Å². The quantitative estimate of drug-likeness (QED) is 0.199. The Hall–Kier alpha value is -4.21. The topological polar surface area (TPSA) is 80.6 Å². The average molecular weight is 597 g/mol. The molecular weight excluding hydrogens is 562 g/mol. The molecule has 0 unspecified atom stereocenters. The molecule has 3 aromatic carbocycles. The molecule has 1 N–H and O–H groups in total. The number of aliphatic hydroxyl groups excluding tert-OH is 1. The lowest BCUT2D eigenvalue weighted by molar-refractivity contribution is 0.106. The van der Waals surface area contributed by atoms with Crippen LogP contribution in [0.25, 0.3) is 32.9 Å². The Labute approximate surface area is 254 Å². The van der Waals surface area contributed by atoms with Crippen LogP contribution in [0.5, 0.6) is 11.9 Å². The van der Waals surface area contributed by atoms with Crippen LogP contribution in [0.4, 0.5) is 8.78 Å². The predicted octanol–water partition coefficient (Wildman–Crippen LogP) is 6.44. The number of hydrogen-bond acceptors (Lipinski definition) is 7. The van der Waals surface area contributed by atoms with Gasteiger partial charge >= 0.3 is 6.01 Å². The van der Waals surface area contributed by atoms with Crippen LogP contribution in [0, 0.1) is 5.82 Å². The number of rotatable bonds is 10. The van der Waals surface area contributed by atoms with Crippen molar-refractivity contribution in [3.05, 3.63) is 89.9 Å². The van der Waals surface area contributed by atoms with E-state index in [-0.39, 0.29) is 42.9 Å². The van der Waals surface area contributed by atoms with E-state index < -0.39 is 17.5 Å². The third kappa shape index (κ3) is 5.35. The predicted molar refractivity (Wildman–Crippen MR) is 165 cm³/mol. The fourth-order valence-corrected chi connectivity index (χ4v) is 6.84. The van der Waals surface area contributed by atoms with Gasteiger partial charge in [-0.2, -0.15) is 9.97 Å². The van der Waals surface area contributed by atoms with Crippen LogP contribution in [-0.2, 0) is 13.0 Å². The highest BCUT2D eigenvalue weighted by atomic mass is 19.1. The first kappa shape index (κ1) is 28.6. The summed E-state index contributed by atoms with van der Waals surface area (Å²) in [6.07, 6.45) is 4.12. The van der Waals surface area contributed by atoms with Gasteiger partial charge in [0.1, 0.15) is 30.6 Å². The third-order valence-corrected chi connectivity index (χ3v) is 8.93. The molecule has 2 aliphatic rings. The van der Waals surface area contributed by atoms with Crippen molar-refractivity contribution >= 4 is 21.7 Å². The number of halogens is 2. The van der Waals surface area contributed by atoms with Crippen molar-refractivity contribution in [1.82, 2.24) is 19.9 Å². The fourth-order valence-electron chi connectivity index (χ4n) is 6.84. The second-order valence-electron chi connectivity index (χ2n) is 11.8. The van der Waals surface area contributed by atoms with E-state index in [9.17, 15) is 9.50 Å². The molecule has 0 aliphatic carbocycles. The summed E-state index contributed by atoms with van der Waals surface area (Å²) in [5, 5.41) is 11.6. The van der Waals surface area contributed by atoms with Crippen LogP contribution < -0.4 is 9.47 Å². The van der Waals surface area contributed by atoms with E-state index in [1.807, 2.05) is 66.7 Å². The molecule has 9 heteroatoms. The number of ether oxygens (including phenoxy) is 2. The molecule has 2 saturated heterocycles. The molecular formula is C35H34F2N4O3. The highest BCUT2D eigenvalue weighted by molar-refractivity contribution is 6.00. The van der Waals surface area contributed by atoms with Crippen molar-refractivity contribution in [3.8, 4) is 23.1 Å². The summed E-state index contributed by atoms with van der Waals surface area (Å²) in [6, 6.07) is 21.3. The molecule has 2 aliphatic heterocycles. The number of fused-ring (bicyclic) bond motifs is 3. The maximum Gasteiger partial charge on any atom is 0.320 e. The monoisotopic (exact) mass is 596 g/mol. The molecule has 7 nitrogen and oxygen atoms in total. The van der Waals surface area contributed by atoms with E-state index in [1.54, 1.807) is 6.20 Å². The Morgan fingerprint density at radius 1 is 1.00 bits per heavy atom. The second-order valence-corrected chi connectivity index (χ2v) is 11.8. The number of nitrogens with zero attached hydrogens (tertiary/aromatic N) is 4. The molecule has 2 aromatic heterocycles. The van der Waals surface area contributed by atoms with E-state index in [2.05, 4.69) is 19.9 Å². The number of hydrogen-bond donors (Lipinski definition) is 1. The smallest absolute Gasteiger partial charge is 0.320 e. The first-order valence-electron chi connectivity index (χ1n) is 15.2. The lowest BCUT2D eigenvalue weighted by Crippen LogP contribution is -2.43. The number of aromatic nitrogens is 3. The Morgan fingerprint density at radius 2 is 1.84 bits per heavy atom. The lowest BCUT2D eigenvalue weighted by Gasteiger charge is -2.30. The van der Waals surface area contributed by atoms with E-state index in [0.717, 1.165) is 41.3 Å². The summed E-state index contributed by atoms with van der Waals surface area (Å²) in [6.45, 7) is 1.74. The van der Waals surface area contributed by atoms with Crippen LogP contribution in [0.3, 0.4) is 0 Å². The number of alkyl halides is 1. The van der Waals surface area contributed by atoms with Crippen molar-refractivity contribution in [2.75, 3.05) is 26.3 Å². The SMILES string of the molecule is OCCCc1cccc2cccc(-c3ncc4c(OCc5ccccc5)nc(OC[C@@]56CCCN5C[C@H](F)C6)nc4c3F)c12. The zero-order valence-corrected chi connectivity index (χ0v) is 24.4. The van der Waals surface area contributed by atoms with Crippen LogP contribution >= 0.6 is 0 Å². The maximum absolute atomic E-state index is 16.6. The maximum atomic E-state index is 16.6. The van der Waals surface area contributed by atoms with E-state index in [0.29, 0.717) is 36.8 Å². The summed E-state index contributed by atoms with van der Waals surface area (Å²) in [4.78, 5) is 15.8. The van der Waals surface area contributed by atoms with Gasteiger partial charge in [-0.15, -0.1) is 0 Å². The molecule has 44 heavy (non-hydrogen) atoms. The van der Waals surface area contributed by atoms with Crippen molar-refractivity contribution in [1.29, 1.82) is 0 Å². The van der Waals surface area contributed by atoms with Crippen molar-refractivity contribution < 1.29 is 23.4 Å². The first-order valence-corrected chi connectivity index (χ1v) is 15.2. The zero-order valence-electron chi connectivity index (χ0n) is 24.4. The van der Waals surface area contributed by atoms with Gasteiger partial charge in [-0.05, 0) is 54.1 Å². The summed E-state index contributed by atoms with van der Waals surface area (Å²) >= 11 is 0. The van der Waals surface area contributed by atoms with Gasteiger partial charge in [-0.3, -0.25) is 9.88 Å². The van der Waals surface area contributed by atoms with Crippen LogP contribution in [-0.4, -0.2) is 63.0 Å². The molecule has 4 heterocycles. The van der Waals surface area contributed by atoms with E-state index in [1.165, 1.54) is 0 Å². The molecule has 0 saturated carbocycles. The summed E-state index contributed by atoms with van der Waals surface area (Å²) < 4.78 is 43.3. The van der Waals surface area contributed by atoms with Gasteiger partial charge < -0.3 is 14.6 Å². The van der Waals surface area contributed by atoms with E-state index in [4.69, 9.17) is 9.47 Å². The van der Waals surface area contributed by atoms with Crippen molar-refractivity contribution in [2.45, 2.75) is 50.4 Å². The summed E-state index contributed by atoms with van der Waals surface area (Å²) in [7, 11) is 0. The highest BCUT2D eigenvalue weighted by Gasteiger charge is 2.49. The first-order chi connectivity index (χ1) is 21.5. The molecule has 5 aromatic rings. The van der Waals surface area contributed by atoms with Gasteiger partial charge in [0, 0.05) is 31.3 Å². The average Bonchev–Trinajstić information content (AvgIpc) is 3.58. The van der Waals surface area contributed by atoms with Crippen LogP contribution in [0.1, 0.15) is 36.8 Å². The Balaban J connectivity index is 1.31. The van der Waals surface area contributed by atoms with Gasteiger partial charge in [-0.1, -0.05) is 66.7 Å². The normalized spacial score (nSPS) is 19.9. The third-order valence-electron chi connectivity index (χ3n) is 8.93. The Kier molecular flexibility index (Phi) is 7.82. The van der Waals surface area contributed by atoms with Crippen molar-refractivity contribution in [2.24, 2.45) is 0 Å². The number of pyridine rings is 1. The van der Waals surface area contributed by atoms with Crippen molar-refractivity contribution in [3.63, 3.8) is 0 Å². The van der Waals surface area contributed by atoms with E-state index >= 15 is 4.39 Å². The highest BCUT2D eigenvalue weighted by Crippen LogP contribution is 2.41. The molecule has 226 valence electrons. The van der Waals surface area contributed by atoms with Crippen LogP contribution in [0.2, 0.25) is 0 Å². The summed E-state index contributed by atoms with van der Waals surface area (Å²) in [5.41, 5.74) is 2.38. The molecule has 0 spiro atoms. The largest absolute Gasteiger partial charge is 0.472 e. The minimum Gasteiger partial charge on any atom is -0.472 e. The Morgan fingerprint density at radius 3 is 2.68 bits per heavy atom. The van der Waals surface area contributed by atoms with Gasteiger partial charge in [-0.25, -0.2) is 8.78 Å². The van der Waals surface area contributed by atoms with Gasteiger partial charge in [0.25, 0.3) is 0 Å². The second kappa shape index (κ2) is 12.1. The number of benzene rings is 3. The lowest BCUT2D eigenvalue weighted by atomic mass is 9.94. The molecule has 0 bridgehead atoms. The van der Waals surface area contributed by atoms with Gasteiger partial charge in [0.15, 0.2) is 5.82 Å². The zero-order chi connectivity index (χ0) is 30.1. The Bertz CT molecular complexity index is 1800. The minimum absolute atomic E-state index is 0.0123.